The van der Waals surface area contributed by atoms with Crippen LogP contribution in [0.25, 0.3) is 17.1 Å². The average Bonchev–Trinajstić information content (AvgIpc) is 3.43. The second-order valence-corrected chi connectivity index (χ2v) is 11.1. The summed E-state index contributed by atoms with van der Waals surface area (Å²) in [5.41, 5.74) is 1.65. The van der Waals surface area contributed by atoms with Crippen LogP contribution in [0.2, 0.25) is 0 Å². The zero-order valence-corrected chi connectivity index (χ0v) is 23.8. The van der Waals surface area contributed by atoms with Gasteiger partial charge in [0.05, 0.1) is 17.8 Å². The zero-order chi connectivity index (χ0) is 31.8. The lowest BCUT2D eigenvalue weighted by atomic mass is 9.78. The van der Waals surface area contributed by atoms with Gasteiger partial charge in [0.25, 0.3) is 0 Å². The van der Waals surface area contributed by atoms with Gasteiger partial charge in [0.2, 0.25) is 0 Å². The maximum absolute atomic E-state index is 13.9. The second-order valence-electron chi connectivity index (χ2n) is 11.1. The van der Waals surface area contributed by atoms with E-state index in [4.69, 9.17) is 4.74 Å². The smallest absolute Gasteiger partial charge is 0.434 e. The highest BCUT2D eigenvalue weighted by Gasteiger charge is 2.42. The molecule has 2 aromatic heterocycles. The summed E-state index contributed by atoms with van der Waals surface area (Å²) in [7, 11) is 0. The molecule has 0 spiro atoms. The fourth-order valence-corrected chi connectivity index (χ4v) is 5.62. The third-order valence-electron chi connectivity index (χ3n) is 7.89. The maximum atomic E-state index is 13.9. The molecular weight excluding hydrogens is 588 g/mol. The average molecular weight is 618 g/mol. The molecule has 0 bridgehead atoms. The van der Waals surface area contributed by atoms with E-state index in [2.05, 4.69) is 10.1 Å². The fourth-order valence-electron chi connectivity index (χ4n) is 5.62. The summed E-state index contributed by atoms with van der Waals surface area (Å²) in [6, 6.07) is 16.0. The molecule has 4 aromatic rings. The number of benzene rings is 2. The first-order chi connectivity index (χ1) is 20.7. The fraction of sp³-hybridized carbons (Fsp3) is 0.344. The lowest BCUT2D eigenvalue weighted by Crippen LogP contribution is -2.27. The molecule has 2 heterocycles. The van der Waals surface area contributed by atoms with Crippen LogP contribution < -0.4 is 4.74 Å². The van der Waals surface area contributed by atoms with Crippen molar-refractivity contribution in [3.8, 4) is 22.8 Å². The number of nitrogens with zero attached hydrogens (tertiary/aromatic N) is 3. The van der Waals surface area contributed by atoms with Crippen LogP contribution in [-0.4, -0.2) is 32.0 Å². The number of hydrogen-bond donors (Lipinski definition) is 1. The molecule has 1 N–H and O–H groups in total. The van der Waals surface area contributed by atoms with Crippen molar-refractivity contribution in [2.75, 3.05) is 0 Å². The molecule has 0 radical (unpaired) electrons. The lowest BCUT2D eigenvalue weighted by molar-refractivity contribution is -0.182. The Labute approximate surface area is 249 Å². The van der Waals surface area contributed by atoms with E-state index < -0.39 is 35.5 Å². The molecule has 2 aromatic carbocycles. The molecule has 0 unspecified atom stereocenters. The van der Waals surface area contributed by atoms with Crippen molar-refractivity contribution >= 4 is 5.97 Å². The number of carboxylic acids is 1. The van der Waals surface area contributed by atoms with Gasteiger partial charge in [-0.25, -0.2) is 14.5 Å². The van der Waals surface area contributed by atoms with Gasteiger partial charge in [0.1, 0.15) is 17.9 Å². The van der Waals surface area contributed by atoms with E-state index in [-0.39, 0.29) is 31.2 Å². The molecule has 5 rings (SSSR count). The molecule has 1 aliphatic carbocycles. The van der Waals surface area contributed by atoms with Gasteiger partial charge < -0.3 is 9.84 Å². The van der Waals surface area contributed by atoms with Crippen molar-refractivity contribution in [1.29, 1.82) is 0 Å². The first-order valence-corrected chi connectivity index (χ1v) is 14.0. The Bertz CT molecular complexity index is 1650. The molecule has 6 nitrogen and oxygen atoms in total. The summed E-state index contributed by atoms with van der Waals surface area (Å²) in [5, 5.41) is 13.0. The van der Waals surface area contributed by atoms with Gasteiger partial charge in [-0.2, -0.15) is 31.4 Å². The van der Waals surface area contributed by atoms with Crippen molar-refractivity contribution in [1.82, 2.24) is 14.8 Å². The number of ether oxygens (including phenoxy) is 1. The number of carboxylic acid groups (broad SMARTS) is 1. The molecular formula is C32H29F6N3O3. The minimum absolute atomic E-state index is 0.0769. The molecule has 232 valence electrons. The lowest BCUT2D eigenvalue weighted by Gasteiger charge is -2.30. The number of halogens is 6. The summed E-state index contributed by atoms with van der Waals surface area (Å²) in [4.78, 5) is 15.9. The van der Waals surface area contributed by atoms with Crippen LogP contribution in [0.3, 0.4) is 0 Å². The van der Waals surface area contributed by atoms with E-state index in [1.165, 1.54) is 6.07 Å². The van der Waals surface area contributed by atoms with Gasteiger partial charge in [0, 0.05) is 5.56 Å². The minimum atomic E-state index is -4.99. The largest absolute Gasteiger partial charge is 0.488 e. The summed E-state index contributed by atoms with van der Waals surface area (Å²) in [5.74, 6) is -2.69. The van der Waals surface area contributed by atoms with Gasteiger partial charge in [0.15, 0.2) is 11.5 Å². The van der Waals surface area contributed by atoms with Crippen LogP contribution >= 0.6 is 0 Å². The van der Waals surface area contributed by atoms with Crippen LogP contribution in [0.1, 0.15) is 69.9 Å². The van der Waals surface area contributed by atoms with E-state index in [1.807, 2.05) is 37.3 Å². The monoisotopic (exact) mass is 617 g/mol. The first kappa shape index (κ1) is 31.1. The number of rotatable bonds is 7. The van der Waals surface area contributed by atoms with E-state index >= 15 is 0 Å². The standard InChI is InChI=1S/C32H29F6N3O3/c1-18-3-12-27(44-17-20-4-6-21(7-5-20)22-8-10-23(11-9-22)31(33,34)35)24(13-18)26-14-19(2)15-28(40-26)41-29(32(36,37)38)25(16-39-41)30(42)43/h3-7,12-16,22-23H,8-11,17H2,1-2H3,(H,42,43)/t22-,23-. The number of carbonyl (C=O) groups is 1. The summed E-state index contributed by atoms with van der Waals surface area (Å²) in [6.07, 6.45) is -7.27. The topological polar surface area (TPSA) is 77.2 Å². The van der Waals surface area contributed by atoms with Crippen molar-refractivity contribution in [3.63, 3.8) is 0 Å². The van der Waals surface area contributed by atoms with Crippen LogP contribution in [0.5, 0.6) is 5.75 Å². The van der Waals surface area contributed by atoms with Crippen LogP contribution in [0.15, 0.2) is 60.8 Å². The number of pyridine rings is 1. The number of aryl methyl sites for hydroxylation is 2. The SMILES string of the molecule is Cc1cc(-c2cc(C)ccc2OCc2ccc([C@H]3CC[C@H](C(F)(F)F)CC3)cc2)nc(-n2ncc(C(=O)O)c2C(F)(F)F)c1. The molecule has 1 saturated carbocycles. The highest BCUT2D eigenvalue weighted by molar-refractivity contribution is 5.89. The molecule has 0 saturated heterocycles. The second kappa shape index (κ2) is 12.0. The molecule has 0 amide bonds. The van der Waals surface area contributed by atoms with Crippen molar-refractivity contribution in [2.45, 2.75) is 64.4 Å². The van der Waals surface area contributed by atoms with Crippen molar-refractivity contribution < 1.29 is 41.0 Å². The number of alkyl halides is 6. The van der Waals surface area contributed by atoms with Crippen molar-refractivity contribution in [3.05, 3.63) is 94.3 Å². The van der Waals surface area contributed by atoms with Gasteiger partial charge in [-0.15, -0.1) is 0 Å². The number of aromatic carboxylic acids is 1. The third kappa shape index (κ3) is 6.74. The Morgan fingerprint density at radius 3 is 2.23 bits per heavy atom. The quantitative estimate of drug-likeness (QED) is 0.210. The number of hydrogen-bond acceptors (Lipinski definition) is 4. The van der Waals surface area contributed by atoms with Gasteiger partial charge in [-0.3, -0.25) is 0 Å². The van der Waals surface area contributed by atoms with E-state index in [0.717, 1.165) is 16.7 Å². The Kier molecular flexibility index (Phi) is 8.46. The van der Waals surface area contributed by atoms with E-state index in [1.54, 1.807) is 25.1 Å². The summed E-state index contributed by atoms with van der Waals surface area (Å²) < 4.78 is 87.3. The van der Waals surface area contributed by atoms with Gasteiger partial charge in [-0.05, 0) is 86.4 Å². The van der Waals surface area contributed by atoms with Crippen LogP contribution in [0, 0.1) is 19.8 Å². The minimum Gasteiger partial charge on any atom is -0.488 e. The Morgan fingerprint density at radius 2 is 1.61 bits per heavy atom. The predicted molar refractivity (Wildman–Crippen MR) is 150 cm³/mol. The molecule has 1 fully saturated rings. The van der Waals surface area contributed by atoms with Gasteiger partial charge >= 0.3 is 18.3 Å². The summed E-state index contributed by atoms with van der Waals surface area (Å²) >= 11 is 0. The van der Waals surface area contributed by atoms with E-state index in [9.17, 15) is 36.2 Å². The van der Waals surface area contributed by atoms with Gasteiger partial charge in [-0.1, -0.05) is 35.9 Å². The normalized spacial score (nSPS) is 17.5. The Morgan fingerprint density at radius 1 is 0.932 bits per heavy atom. The molecule has 12 heteroatoms. The van der Waals surface area contributed by atoms with Crippen LogP contribution in [-0.2, 0) is 12.8 Å². The highest BCUT2D eigenvalue weighted by atomic mass is 19.4. The summed E-state index contributed by atoms with van der Waals surface area (Å²) in [6.45, 7) is 3.69. The number of aromatic nitrogens is 3. The predicted octanol–water partition coefficient (Wildman–Crippen LogP) is 8.68. The molecule has 0 aliphatic heterocycles. The zero-order valence-electron chi connectivity index (χ0n) is 23.8. The molecule has 1 aliphatic rings. The Balaban J connectivity index is 1.37. The van der Waals surface area contributed by atoms with Crippen LogP contribution in [0.4, 0.5) is 26.3 Å². The first-order valence-electron chi connectivity index (χ1n) is 14.0. The van der Waals surface area contributed by atoms with Crippen molar-refractivity contribution in [2.24, 2.45) is 5.92 Å². The molecule has 0 atom stereocenters. The third-order valence-corrected chi connectivity index (χ3v) is 7.89. The Hall–Kier alpha value is -4.35. The molecule has 44 heavy (non-hydrogen) atoms. The maximum Gasteiger partial charge on any atom is 0.434 e. The highest BCUT2D eigenvalue weighted by Crippen LogP contribution is 2.43. The van der Waals surface area contributed by atoms with E-state index in [0.29, 0.717) is 46.3 Å².